The molecule has 1 rings (SSSR count). The molecule has 10 heavy (non-hydrogen) atoms. The highest BCUT2D eigenvalue weighted by Gasteiger charge is 2.34. The number of amides is 1. The zero-order chi connectivity index (χ0) is 7.72. The SMILES string of the molecule is O=C1CN(F)C(=O)/C1=C\O. The molecule has 4 nitrogen and oxygen atoms in total. The van der Waals surface area contributed by atoms with Crippen LogP contribution < -0.4 is 0 Å². The molecule has 1 N–H and O–H groups in total. The first-order valence-corrected chi connectivity index (χ1v) is 2.52. The third kappa shape index (κ3) is 0.754. The van der Waals surface area contributed by atoms with Gasteiger partial charge in [0, 0.05) is 0 Å². The summed E-state index contributed by atoms with van der Waals surface area (Å²) in [5, 5.41) is 7.98. The summed E-state index contributed by atoms with van der Waals surface area (Å²) in [4.78, 5) is 20.9. The van der Waals surface area contributed by atoms with Gasteiger partial charge in [0.1, 0.15) is 12.1 Å². The number of Topliss-reactive ketones (excluding diaryl/α,β-unsaturated/α-hetero) is 1. The lowest BCUT2D eigenvalue weighted by Gasteiger charge is -1.94. The Kier molecular flexibility index (Phi) is 1.41. The maximum atomic E-state index is 12.1. The van der Waals surface area contributed by atoms with E-state index in [-0.39, 0.29) is 5.12 Å². The van der Waals surface area contributed by atoms with Crippen molar-refractivity contribution in [1.82, 2.24) is 5.12 Å². The van der Waals surface area contributed by atoms with E-state index in [1.165, 1.54) is 0 Å². The number of rotatable bonds is 0. The lowest BCUT2D eigenvalue weighted by Crippen LogP contribution is -2.14. The van der Waals surface area contributed by atoms with Crippen LogP contribution in [0.4, 0.5) is 4.48 Å². The first kappa shape index (κ1) is 6.73. The summed E-state index contributed by atoms with van der Waals surface area (Å²) in [5.41, 5.74) is -0.498. The lowest BCUT2D eigenvalue weighted by molar-refractivity contribution is -0.138. The Labute approximate surface area is 55.5 Å². The number of ketones is 1. The van der Waals surface area contributed by atoms with Gasteiger partial charge in [0.05, 0.1) is 6.26 Å². The molecule has 0 bridgehead atoms. The van der Waals surface area contributed by atoms with Crippen molar-refractivity contribution in [2.45, 2.75) is 0 Å². The monoisotopic (exact) mass is 145 g/mol. The number of hydrogen-bond acceptors (Lipinski definition) is 3. The number of halogens is 1. The zero-order valence-corrected chi connectivity index (χ0v) is 4.87. The maximum Gasteiger partial charge on any atom is 0.288 e. The van der Waals surface area contributed by atoms with E-state index in [9.17, 15) is 14.1 Å². The van der Waals surface area contributed by atoms with Crippen molar-refractivity contribution < 1.29 is 19.2 Å². The van der Waals surface area contributed by atoms with Crippen LogP contribution in [-0.2, 0) is 9.59 Å². The van der Waals surface area contributed by atoms with Gasteiger partial charge in [0.2, 0.25) is 0 Å². The average molecular weight is 145 g/mol. The Morgan fingerprint density at radius 1 is 1.60 bits per heavy atom. The molecule has 1 amide bonds. The second-order valence-electron chi connectivity index (χ2n) is 1.79. The van der Waals surface area contributed by atoms with Crippen LogP contribution in [0.15, 0.2) is 11.8 Å². The molecule has 0 saturated carbocycles. The van der Waals surface area contributed by atoms with E-state index in [1.807, 2.05) is 0 Å². The number of carbonyl (C=O) groups is 2. The van der Waals surface area contributed by atoms with Gasteiger partial charge in [-0.05, 0) is 0 Å². The fourth-order valence-corrected chi connectivity index (χ4v) is 0.660. The highest BCUT2D eigenvalue weighted by Crippen LogP contribution is 2.12. The molecule has 54 valence electrons. The van der Waals surface area contributed by atoms with Gasteiger partial charge in [-0.2, -0.15) is 5.12 Å². The highest BCUT2D eigenvalue weighted by atomic mass is 19.2. The summed E-state index contributed by atoms with van der Waals surface area (Å²) >= 11 is 0. The second kappa shape index (κ2) is 2.09. The Balaban J connectivity index is 2.96. The van der Waals surface area contributed by atoms with Crippen molar-refractivity contribution in [3.63, 3.8) is 0 Å². The van der Waals surface area contributed by atoms with Crippen LogP contribution in [0.25, 0.3) is 0 Å². The van der Waals surface area contributed by atoms with Crippen LogP contribution in [0.2, 0.25) is 0 Å². The van der Waals surface area contributed by atoms with Crippen LogP contribution in [0.3, 0.4) is 0 Å². The number of aliphatic hydroxyl groups excluding tert-OH is 1. The predicted molar refractivity (Wildman–Crippen MR) is 28.5 cm³/mol. The topological polar surface area (TPSA) is 57.6 Å². The van der Waals surface area contributed by atoms with Gasteiger partial charge in [-0.3, -0.25) is 9.59 Å². The van der Waals surface area contributed by atoms with Crippen molar-refractivity contribution in [3.8, 4) is 0 Å². The minimum absolute atomic E-state index is 0.246. The van der Waals surface area contributed by atoms with Crippen molar-refractivity contribution in [1.29, 1.82) is 0 Å². The Bertz CT molecular complexity index is 223. The molecule has 0 atom stereocenters. The molecule has 0 aromatic carbocycles. The molecule has 1 fully saturated rings. The zero-order valence-electron chi connectivity index (χ0n) is 4.87. The van der Waals surface area contributed by atoms with Crippen molar-refractivity contribution in [2.75, 3.05) is 6.54 Å². The smallest absolute Gasteiger partial charge is 0.288 e. The summed E-state index contributed by atoms with van der Waals surface area (Å²) in [5.74, 6) is -1.78. The standard InChI is InChI=1S/C5H4FNO3/c6-7-1-4(9)3(2-8)5(7)10/h2,8H,1H2/b3-2-. The van der Waals surface area contributed by atoms with Gasteiger partial charge in [-0.1, -0.05) is 4.48 Å². The van der Waals surface area contributed by atoms with Crippen molar-refractivity contribution >= 4 is 11.7 Å². The molecule has 0 radical (unpaired) electrons. The third-order valence-electron chi connectivity index (χ3n) is 1.16. The number of carbonyl (C=O) groups excluding carboxylic acids is 2. The number of hydrogen-bond donors (Lipinski definition) is 1. The van der Waals surface area contributed by atoms with E-state index < -0.39 is 23.8 Å². The van der Waals surface area contributed by atoms with Gasteiger partial charge in [-0.15, -0.1) is 0 Å². The molecular weight excluding hydrogens is 141 g/mol. The quantitative estimate of drug-likeness (QED) is 0.221. The number of nitrogens with zero attached hydrogens (tertiary/aromatic N) is 1. The third-order valence-corrected chi connectivity index (χ3v) is 1.16. The average Bonchev–Trinajstić information content (AvgIpc) is 2.09. The van der Waals surface area contributed by atoms with E-state index in [4.69, 9.17) is 5.11 Å². The fourth-order valence-electron chi connectivity index (χ4n) is 0.660. The molecule has 1 saturated heterocycles. The van der Waals surface area contributed by atoms with E-state index in [0.29, 0.717) is 6.26 Å². The summed E-state index contributed by atoms with van der Waals surface area (Å²) < 4.78 is 12.1. The normalized spacial score (nSPS) is 22.9. The molecule has 0 aromatic heterocycles. The van der Waals surface area contributed by atoms with Crippen LogP contribution in [-0.4, -0.2) is 28.5 Å². The van der Waals surface area contributed by atoms with Gasteiger partial charge < -0.3 is 5.11 Å². The van der Waals surface area contributed by atoms with Gasteiger partial charge in [0.25, 0.3) is 5.91 Å². The first-order chi connectivity index (χ1) is 4.66. The highest BCUT2D eigenvalue weighted by molar-refractivity contribution is 6.24. The van der Waals surface area contributed by atoms with Crippen molar-refractivity contribution in [2.24, 2.45) is 0 Å². The Hall–Kier alpha value is -1.39. The van der Waals surface area contributed by atoms with Crippen molar-refractivity contribution in [3.05, 3.63) is 11.8 Å². The first-order valence-electron chi connectivity index (χ1n) is 2.52. The predicted octanol–water partition coefficient (Wildman–Crippen LogP) is -0.276. The van der Waals surface area contributed by atoms with Crippen LogP contribution in [0.1, 0.15) is 0 Å². The van der Waals surface area contributed by atoms with E-state index in [0.717, 1.165) is 0 Å². The minimum atomic E-state index is -1.08. The molecule has 1 aliphatic heterocycles. The fraction of sp³-hybridized carbons (Fsp3) is 0.200. The molecule has 0 spiro atoms. The summed E-state index contributed by atoms with van der Waals surface area (Å²) in [6, 6.07) is 0. The summed E-state index contributed by atoms with van der Waals surface area (Å²) in [6.07, 6.45) is 0.324. The van der Waals surface area contributed by atoms with Crippen LogP contribution in [0, 0.1) is 0 Å². The molecule has 1 aliphatic rings. The van der Waals surface area contributed by atoms with Crippen LogP contribution >= 0.6 is 0 Å². The lowest BCUT2D eigenvalue weighted by atomic mass is 10.2. The number of aliphatic hydroxyl groups is 1. The van der Waals surface area contributed by atoms with Crippen LogP contribution in [0.5, 0.6) is 0 Å². The Morgan fingerprint density at radius 2 is 2.20 bits per heavy atom. The molecule has 0 aliphatic carbocycles. The Morgan fingerprint density at radius 3 is 2.40 bits per heavy atom. The van der Waals surface area contributed by atoms with E-state index in [2.05, 4.69) is 0 Å². The summed E-state index contributed by atoms with van der Waals surface area (Å²) in [7, 11) is 0. The maximum absolute atomic E-state index is 12.1. The summed E-state index contributed by atoms with van der Waals surface area (Å²) in [6.45, 7) is -0.592. The molecule has 1 heterocycles. The molecular formula is C5H4FNO3. The largest absolute Gasteiger partial charge is 0.515 e. The van der Waals surface area contributed by atoms with Gasteiger partial charge in [-0.25, -0.2) is 0 Å². The van der Waals surface area contributed by atoms with E-state index >= 15 is 0 Å². The van der Waals surface area contributed by atoms with Gasteiger partial charge in [0.15, 0.2) is 5.78 Å². The van der Waals surface area contributed by atoms with Gasteiger partial charge >= 0.3 is 0 Å². The molecule has 5 heteroatoms. The second-order valence-corrected chi connectivity index (χ2v) is 1.79. The molecule has 0 aromatic rings. The van der Waals surface area contributed by atoms with E-state index in [1.54, 1.807) is 0 Å². The minimum Gasteiger partial charge on any atom is -0.515 e. The molecule has 0 unspecified atom stereocenters.